The van der Waals surface area contributed by atoms with Gasteiger partial charge in [-0.1, -0.05) is 0 Å². The van der Waals surface area contributed by atoms with Gasteiger partial charge in [-0.15, -0.1) is 0 Å². The molecule has 27 heavy (non-hydrogen) atoms. The SMILES string of the molecule is CCn1nc(C(=O)Nc2c(C)nn(C)c2C(N)=O)c(=O)c2cc(F)ccc21. The summed E-state index contributed by atoms with van der Waals surface area (Å²) in [5, 5.41) is 10.6. The quantitative estimate of drug-likeness (QED) is 0.705. The molecular weight excluding hydrogens is 355 g/mol. The summed E-state index contributed by atoms with van der Waals surface area (Å²) >= 11 is 0. The lowest BCUT2D eigenvalue weighted by atomic mass is 10.2. The molecule has 0 spiro atoms. The summed E-state index contributed by atoms with van der Waals surface area (Å²) in [5.41, 5.74) is 5.05. The fourth-order valence-corrected chi connectivity index (χ4v) is 2.92. The van der Waals surface area contributed by atoms with Gasteiger partial charge in [0.2, 0.25) is 5.43 Å². The van der Waals surface area contributed by atoms with E-state index in [0.717, 1.165) is 6.07 Å². The predicted octanol–water partition coefficient (Wildman–Crippen LogP) is 0.949. The Morgan fingerprint density at radius 3 is 2.63 bits per heavy atom. The maximum Gasteiger partial charge on any atom is 0.280 e. The number of halogens is 1. The van der Waals surface area contributed by atoms with E-state index in [9.17, 15) is 18.8 Å². The van der Waals surface area contributed by atoms with E-state index in [2.05, 4.69) is 15.5 Å². The van der Waals surface area contributed by atoms with Crippen molar-refractivity contribution in [3.63, 3.8) is 0 Å². The van der Waals surface area contributed by atoms with Crippen LogP contribution in [0.15, 0.2) is 23.0 Å². The highest BCUT2D eigenvalue weighted by atomic mass is 19.1. The fraction of sp³-hybridized carbons (Fsp3) is 0.235. The average molecular weight is 372 g/mol. The number of amides is 2. The van der Waals surface area contributed by atoms with E-state index >= 15 is 0 Å². The van der Waals surface area contributed by atoms with Crippen molar-refractivity contribution in [3.8, 4) is 0 Å². The first-order valence-electron chi connectivity index (χ1n) is 8.09. The number of carbonyl (C=O) groups is 2. The first kappa shape index (κ1) is 18.2. The lowest BCUT2D eigenvalue weighted by Gasteiger charge is -2.11. The van der Waals surface area contributed by atoms with Crippen LogP contribution in [0.1, 0.15) is 33.6 Å². The number of fused-ring (bicyclic) bond motifs is 1. The number of anilines is 1. The minimum absolute atomic E-state index is 0.0106. The van der Waals surface area contributed by atoms with Crippen molar-refractivity contribution in [2.24, 2.45) is 12.8 Å². The molecule has 1 aromatic carbocycles. The van der Waals surface area contributed by atoms with Gasteiger partial charge >= 0.3 is 0 Å². The number of hydrogen-bond acceptors (Lipinski definition) is 5. The minimum atomic E-state index is -0.841. The van der Waals surface area contributed by atoms with Crippen LogP contribution in [-0.4, -0.2) is 31.4 Å². The van der Waals surface area contributed by atoms with E-state index in [0.29, 0.717) is 17.8 Å². The number of carbonyl (C=O) groups excluding carboxylic acids is 2. The molecule has 2 amide bonds. The summed E-state index contributed by atoms with van der Waals surface area (Å²) in [6, 6.07) is 3.71. The summed E-state index contributed by atoms with van der Waals surface area (Å²) < 4.78 is 16.3. The van der Waals surface area contributed by atoms with E-state index in [1.165, 1.54) is 28.5 Å². The first-order valence-corrected chi connectivity index (χ1v) is 8.09. The van der Waals surface area contributed by atoms with Crippen molar-refractivity contribution < 1.29 is 14.0 Å². The van der Waals surface area contributed by atoms with Gasteiger partial charge in [-0.05, 0) is 32.0 Å². The molecule has 9 nitrogen and oxygen atoms in total. The topological polar surface area (TPSA) is 125 Å². The van der Waals surface area contributed by atoms with Crippen LogP contribution in [0, 0.1) is 12.7 Å². The van der Waals surface area contributed by atoms with E-state index in [-0.39, 0.29) is 16.8 Å². The number of rotatable bonds is 4. The zero-order chi connectivity index (χ0) is 19.9. The van der Waals surface area contributed by atoms with Gasteiger partial charge in [-0.3, -0.25) is 23.7 Å². The Hall–Kier alpha value is -3.56. The molecule has 2 aromatic heterocycles. The third-order valence-corrected chi connectivity index (χ3v) is 4.13. The summed E-state index contributed by atoms with van der Waals surface area (Å²) in [5.74, 6) is -2.22. The van der Waals surface area contributed by atoms with Crippen LogP contribution >= 0.6 is 0 Å². The Kier molecular flexibility index (Phi) is 4.48. The molecule has 0 fully saturated rings. The summed E-state index contributed by atoms with van der Waals surface area (Å²) in [6.45, 7) is 3.72. The molecular formula is C17H17FN6O3. The van der Waals surface area contributed by atoms with Gasteiger partial charge in [0.05, 0.1) is 22.3 Å². The highest BCUT2D eigenvalue weighted by molar-refractivity contribution is 6.08. The van der Waals surface area contributed by atoms with Gasteiger partial charge in [0.1, 0.15) is 11.5 Å². The van der Waals surface area contributed by atoms with Crippen LogP contribution in [0.25, 0.3) is 10.9 Å². The Balaban J connectivity index is 2.14. The molecule has 0 atom stereocenters. The Morgan fingerprint density at radius 1 is 1.30 bits per heavy atom. The van der Waals surface area contributed by atoms with Gasteiger partial charge in [0.15, 0.2) is 5.69 Å². The van der Waals surface area contributed by atoms with Gasteiger partial charge in [-0.25, -0.2) is 4.39 Å². The molecule has 10 heteroatoms. The molecule has 3 N–H and O–H groups in total. The fourth-order valence-electron chi connectivity index (χ4n) is 2.92. The highest BCUT2D eigenvalue weighted by Gasteiger charge is 2.23. The first-order chi connectivity index (χ1) is 12.7. The van der Waals surface area contributed by atoms with Crippen LogP contribution in [0.5, 0.6) is 0 Å². The molecule has 140 valence electrons. The van der Waals surface area contributed by atoms with Gasteiger partial charge in [0.25, 0.3) is 11.8 Å². The molecule has 0 saturated carbocycles. The Morgan fingerprint density at radius 2 is 2.00 bits per heavy atom. The summed E-state index contributed by atoms with van der Waals surface area (Å²) in [7, 11) is 1.50. The molecule has 0 aliphatic rings. The zero-order valence-corrected chi connectivity index (χ0v) is 14.9. The second-order valence-electron chi connectivity index (χ2n) is 5.91. The van der Waals surface area contributed by atoms with E-state index in [1.807, 2.05) is 0 Å². The van der Waals surface area contributed by atoms with E-state index in [4.69, 9.17) is 5.73 Å². The Labute approximate surface area is 152 Å². The van der Waals surface area contributed by atoms with Gasteiger partial charge in [-0.2, -0.15) is 10.2 Å². The number of aromatic nitrogens is 4. The third-order valence-electron chi connectivity index (χ3n) is 4.13. The van der Waals surface area contributed by atoms with Gasteiger partial charge < -0.3 is 11.1 Å². The van der Waals surface area contributed by atoms with Crippen LogP contribution < -0.4 is 16.5 Å². The number of aryl methyl sites for hydroxylation is 3. The molecule has 0 unspecified atom stereocenters. The molecule has 0 bridgehead atoms. The summed E-state index contributed by atoms with van der Waals surface area (Å²) in [6.07, 6.45) is 0. The van der Waals surface area contributed by atoms with Crippen LogP contribution in [-0.2, 0) is 13.6 Å². The van der Waals surface area contributed by atoms with Crippen molar-refractivity contribution in [2.75, 3.05) is 5.32 Å². The average Bonchev–Trinajstić information content (AvgIpc) is 2.89. The third kappa shape index (κ3) is 3.05. The second kappa shape index (κ2) is 6.63. The number of nitrogens with zero attached hydrogens (tertiary/aromatic N) is 4. The lowest BCUT2D eigenvalue weighted by molar-refractivity contribution is 0.0992. The van der Waals surface area contributed by atoms with Crippen LogP contribution in [0.4, 0.5) is 10.1 Å². The number of primary amides is 1. The smallest absolute Gasteiger partial charge is 0.280 e. The summed E-state index contributed by atoms with van der Waals surface area (Å²) in [4.78, 5) is 37.0. The van der Waals surface area contributed by atoms with Crippen molar-refractivity contribution in [1.29, 1.82) is 0 Å². The minimum Gasteiger partial charge on any atom is -0.364 e. The van der Waals surface area contributed by atoms with Crippen molar-refractivity contribution in [1.82, 2.24) is 19.6 Å². The zero-order valence-electron chi connectivity index (χ0n) is 14.9. The maximum absolute atomic E-state index is 13.6. The number of hydrogen-bond donors (Lipinski definition) is 2. The molecule has 3 rings (SSSR count). The lowest BCUT2D eigenvalue weighted by Crippen LogP contribution is -2.28. The van der Waals surface area contributed by atoms with Gasteiger partial charge in [0, 0.05) is 13.6 Å². The van der Waals surface area contributed by atoms with Crippen molar-refractivity contribution in [3.05, 3.63) is 51.3 Å². The number of nitrogens with one attached hydrogen (secondary N) is 1. The highest BCUT2D eigenvalue weighted by Crippen LogP contribution is 2.20. The standard InChI is InChI=1S/C17H17FN6O3/c1-4-24-11-6-5-9(18)7-10(11)15(25)13(22-24)17(27)20-12-8(2)21-23(3)14(12)16(19)26/h5-7H,4H2,1-3H3,(H2,19,26)(H,20,27). The molecule has 0 aliphatic carbocycles. The van der Waals surface area contributed by atoms with Crippen molar-refractivity contribution in [2.45, 2.75) is 20.4 Å². The van der Waals surface area contributed by atoms with Crippen molar-refractivity contribution >= 4 is 28.4 Å². The molecule has 0 radical (unpaired) electrons. The monoisotopic (exact) mass is 372 g/mol. The molecule has 2 heterocycles. The normalized spacial score (nSPS) is 11.0. The maximum atomic E-state index is 13.6. The van der Waals surface area contributed by atoms with Crippen LogP contribution in [0.3, 0.4) is 0 Å². The van der Waals surface area contributed by atoms with E-state index < -0.39 is 28.8 Å². The second-order valence-corrected chi connectivity index (χ2v) is 5.91. The van der Waals surface area contributed by atoms with Crippen LogP contribution in [0.2, 0.25) is 0 Å². The molecule has 3 aromatic rings. The largest absolute Gasteiger partial charge is 0.364 e. The molecule has 0 saturated heterocycles. The van der Waals surface area contributed by atoms with E-state index in [1.54, 1.807) is 13.8 Å². The molecule has 0 aliphatic heterocycles. The Bertz CT molecular complexity index is 1150. The number of nitrogens with two attached hydrogens (primary N) is 1. The predicted molar refractivity (Wildman–Crippen MR) is 96.1 cm³/mol. The number of benzene rings is 1.